The second-order valence-corrected chi connectivity index (χ2v) is 3.82. The van der Waals surface area contributed by atoms with E-state index in [1.54, 1.807) is 12.1 Å². The highest BCUT2D eigenvalue weighted by Crippen LogP contribution is 2.34. The van der Waals surface area contributed by atoms with Crippen molar-refractivity contribution in [1.82, 2.24) is 0 Å². The van der Waals surface area contributed by atoms with E-state index in [2.05, 4.69) is 20.7 Å². The van der Waals surface area contributed by atoms with Crippen molar-refractivity contribution in [3.63, 3.8) is 0 Å². The van der Waals surface area contributed by atoms with E-state index in [0.717, 1.165) is 0 Å². The molecule has 0 amide bonds. The molecule has 76 valence electrons. The zero-order valence-electron chi connectivity index (χ0n) is 7.38. The molecule has 0 spiro atoms. The number of benzene rings is 1. The van der Waals surface area contributed by atoms with Gasteiger partial charge in [-0.25, -0.2) is 0 Å². The average Bonchev–Trinajstić information content (AvgIpc) is 2.19. The molecule has 0 saturated carbocycles. The minimum Gasteiger partial charge on any atom is -0.506 e. The normalized spacial score (nSPS) is 9.93. The number of carbonyl (C=O) groups excluding carboxylic acids is 1. The van der Waals surface area contributed by atoms with Crippen LogP contribution in [-0.2, 0) is 16.0 Å². The number of methoxy groups -OCH3 is 1. The highest BCUT2D eigenvalue weighted by molar-refractivity contribution is 9.10. The molecule has 0 radical (unpaired) electrons. The van der Waals surface area contributed by atoms with Gasteiger partial charge in [0.15, 0.2) is 0 Å². The van der Waals surface area contributed by atoms with E-state index >= 15 is 0 Å². The van der Waals surface area contributed by atoms with Gasteiger partial charge in [-0.2, -0.15) is 0 Å². The number of hydrogen-bond donors (Lipinski definition) is 1. The number of aromatic hydroxyl groups is 1. The highest BCUT2D eigenvalue weighted by Gasteiger charge is 2.12. The van der Waals surface area contributed by atoms with E-state index in [9.17, 15) is 9.90 Å². The van der Waals surface area contributed by atoms with Gasteiger partial charge in [0.2, 0.25) is 0 Å². The van der Waals surface area contributed by atoms with Crippen LogP contribution in [0.3, 0.4) is 0 Å². The predicted octanol–water partition coefficient (Wildman–Crippen LogP) is 2.52. The van der Waals surface area contributed by atoms with Gasteiger partial charge in [-0.15, -0.1) is 0 Å². The van der Waals surface area contributed by atoms with Gasteiger partial charge < -0.3 is 9.84 Å². The first kappa shape index (κ1) is 11.3. The third kappa shape index (κ3) is 2.39. The zero-order valence-corrected chi connectivity index (χ0v) is 9.72. The number of phenols is 1. The minimum absolute atomic E-state index is 0.0251. The molecule has 1 rings (SSSR count). The molecule has 3 nitrogen and oxygen atoms in total. The molecular formula is C9H8BrClO3. The highest BCUT2D eigenvalue weighted by atomic mass is 79.9. The maximum Gasteiger partial charge on any atom is 0.310 e. The summed E-state index contributed by atoms with van der Waals surface area (Å²) in [5.41, 5.74) is 0.480. The summed E-state index contributed by atoms with van der Waals surface area (Å²) < 4.78 is 4.87. The second kappa shape index (κ2) is 4.66. The van der Waals surface area contributed by atoms with Crippen molar-refractivity contribution in [3.8, 4) is 5.75 Å². The van der Waals surface area contributed by atoms with Crippen molar-refractivity contribution in [2.75, 3.05) is 7.11 Å². The minimum atomic E-state index is -0.408. The maximum atomic E-state index is 10.9. The Morgan fingerprint density at radius 2 is 2.29 bits per heavy atom. The summed E-state index contributed by atoms with van der Waals surface area (Å²) in [5.74, 6) is -0.433. The van der Waals surface area contributed by atoms with Gasteiger partial charge in [-0.3, -0.25) is 4.79 Å². The Hall–Kier alpha value is -0.740. The summed E-state index contributed by atoms with van der Waals surface area (Å²) in [6.07, 6.45) is 0.0259. The standard InChI is InChI=1S/C9H8BrClO3/c1-14-7(12)4-5-2-3-6(11)8(10)9(5)13/h2-3,13H,4H2,1H3. The summed E-state index contributed by atoms with van der Waals surface area (Å²) in [7, 11) is 1.30. The van der Waals surface area contributed by atoms with Crippen molar-refractivity contribution in [2.24, 2.45) is 0 Å². The van der Waals surface area contributed by atoms with Crippen LogP contribution in [0.5, 0.6) is 5.75 Å². The van der Waals surface area contributed by atoms with Crippen molar-refractivity contribution in [1.29, 1.82) is 0 Å². The molecule has 1 N–H and O–H groups in total. The smallest absolute Gasteiger partial charge is 0.310 e. The zero-order chi connectivity index (χ0) is 10.7. The van der Waals surface area contributed by atoms with Crippen LogP contribution >= 0.6 is 27.5 Å². The molecular weight excluding hydrogens is 271 g/mol. The number of rotatable bonds is 2. The molecule has 0 bridgehead atoms. The Bertz CT molecular complexity index is 365. The number of halogens is 2. The fraction of sp³-hybridized carbons (Fsp3) is 0.222. The van der Waals surface area contributed by atoms with Crippen LogP contribution in [0.15, 0.2) is 16.6 Å². The molecule has 0 saturated heterocycles. The summed E-state index contributed by atoms with van der Waals surface area (Å²) in [6.45, 7) is 0. The van der Waals surface area contributed by atoms with Crippen LogP contribution in [0.4, 0.5) is 0 Å². The predicted molar refractivity (Wildman–Crippen MR) is 56.5 cm³/mol. The van der Waals surface area contributed by atoms with Crippen molar-refractivity contribution in [2.45, 2.75) is 6.42 Å². The van der Waals surface area contributed by atoms with Crippen LogP contribution in [0.25, 0.3) is 0 Å². The molecule has 0 unspecified atom stereocenters. The molecule has 0 aliphatic carbocycles. The van der Waals surface area contributed by atoms with Gasteiger partial charge >= 0.3 is 5.97 Å². The number of esters is 1. The molecule has 5 heteroatoms. The van der Waals surface area contributed by atoms with Crippen LogP contribution in [0.2, 0.25) is 5.02 Å². The van der Waals surface area contributed by atoms with Crippen molar-refractivity contribution < 1.29 is 14.6 Å². The second-order valence-electron chi connectivity index (χ2n) is 2.62. The molecule has 14 heavy (non-hydrogen) atoms. The van der Waals surface area contributed by atoms with Crippen LogP contribution < -0.4 is 0 Å². The quantitative estimate of drug-likeness (QED) is 0.846. The van der Waals surface area contributed by atoms with Crippen molar-refractivity contribution in [3.05, 3.63) is 27.2 Å². The van der Waals surface area contributed by atoms with Crippen LogP contribution in [0, 0.1) is 0 Å². The van der Waals surface area contributed by atoms with Crippen molar-refractivity contribution >= 4 is 33.5 Å². The first-order chi connectivity index (χ1) is 6.56. The third-order valence-corrected chi connectivity index (χ3v) is 3.06. The van der Waals surface area contributed by atoms with Crippen LogP contribution in [0.1, 0.15) is 5.56 Å². The van der Waals surface area contributed by atoms with Gasteiger partial charge in [0.1, 0.15) is 5.75 Å². The number of phenolic OH excluding ortho intramolecular Hbond substituents is 1. The molecule has 1 aromatic carbocycles. The lowest BCUT2D eigenvalue weighted by Crippen LogP contribution is -2.04. The topological polar surface area (TPSA) is 46.5 Å². The molecule has 0 atom stereocenters. The summed E-state index contributed by atoms with van der Waals surface area (Å²) in [5, 5.41) is 9.98. The van der Waals surface area contributed by atoms with Gasteiger partial charge in [0, 0.05) is 5.56 Å². The molecule has 0 aliphatic rings. The monoisotopic (exact) mass is 278 g/mol. The Morgan fingerprint density at radius 3 is 2.86 bits per heavy atom. The van der Waals surface area contributed by atoms with Crippen LogP contribution in [-0.4, -0.2) is 18.2 Å². The number of ether oxygens (including phenoxy) is 1. The Balaban J connectivity index is 3.00. The van der Waals surface area contributed by atoms with E-state index in [4.69, 9.17) is 11.6 Å². The summed E-state index contributed by atoms with van der Waals surface area (Å²) in [4.78, 5) is 10.9. The third-order valence-electron chi connectivity index (χ3n) is 1.72. The fourth-order valence-corrected chi connectivity index (χ4v) is 1.49. The SMILES string of the molecule is COC(=O)Cc1ccc(Cl)c(Br)c1O. The van der Waals surface area contributed by atoms with E-state index in [1.807, 2.05) is 0 Å². The van der Waals surface area contributed by atoms with E-state index in [0.29, 0.717) is 15.1 Å². The fourth-order valence-electron chi connectivity index (χ4n) is 0.950. The lowest BCUT2D eigenvalue weighted by atomic mass is 10.1. The molecule has 1 aromatic rings. The van der Waals surface area contributed by atoms with Gasteiger partial charge in [0.25, 0.3) is 0 Å². The Labute approximate surface area is 94.8 Å². The first-order valence-electron chi connectivity index (χ1n) is 3.79. The number of hydrogen-bond acceptors (Lipinski definition) is 3. The van der Waals surface area contributed by atoms with E-state index < -0.39 is 5.97 Å². The van der Waals surface area contributed by atoms with Gasteiger partial charge in [-0.1, -0.05) is 17.7 Å². The lowest BCUT2D eigenvalue weighted by Gasteiger charge is -2.06. The largest absolute Gasteiger partial charge is 0.506 e. The Morgan fingerprint density at radius 1 is 1.64 bits per heavy atom. The molecule has 0 fully saturated rings. The summed E-state index contributed by atoms with van der Waals surface area (Å²) >= 11 is 8.84. The Kier molecular flexibility index (Phi) is 3.77. The van der Waals surface area contributed by atoms with E-state index in [-0.39, 0.29) is 12.2 Å². The number of carbonyl (C=O) groups is 1. The lowest BCUT2D eigenvalue weighted by molar-refractivity contribution is -0.139. The maximum absolute atomic E-state index is 10.9. The summed E-state index contributed by atoms with van der Waals surface area (Å²) in [6, 6.07) is 3.18. The molecule has 0 heterocycles. The van der Waals surface area contributed by atoms with E-state index in [1.165, 1.54) is 7.11 Å². The van der Waals surface area contributed by atoms with Gasteiger partial charge in [0.05, 0.1) is 23.0 Å². The first-order valence-corrected chi connectivity index (χ1v) is 4.96. The average molecular weight is 280 g/mol. The van der Waals surface area contributed by atoms with Gasteiger partial charge in [-0.05, 0) is 22.0 Å². The molecule has 0 aromatic heterocycles. The molecule has 0 aliphatic heterocycles.